The average molecular weight is 350 g/mol. The SMILES string of the molecule is C[C@@H](CO)[C@H](NS(=O)(=O)c1ccc([N+](=O)[O-])cc1)c1ccccc1. The molecule has 128 valence electrons. The third-order valence-electron chi connectivity index (χ3n) is 3.66. The summed E-state index contributed by atoms with van der Waals surface area (Å²) in [6, 6.07) is 13.0. The van der Waals surface area contributed by atoms with Crippen molar-refractivity contribution in [3.8, 4) is 0 Å². The number of hydrogen-bond acceptors (Lipinski definition) is 5. The number of hydrogen-bond donors (Lipinski definition) is 2. The van der Waals surface area contributed by atoms with E-state index in [1.54, 1.807) is 31.2 Å². The van der Waals surface area contributed by atoms with E-state index in [4.69, 9.17) is 0 Å². The molecule has 0 aliphatic rings. The van der Waals surface area contributed by atoms with Gasteiger partial charge in [0.2, 0.25) is 10.0 Å². The lowest BCUT2D eigenvalue weighted by atomic mass is 9.96. The fraction of sp³-hybridized carbons (Fsp3) is 0.250. The molecule has 7 nitrogen and oxygen atoms in total. The zero-order valence-corrected chi connectivity index (χ0v) is 13.8. The number of nitro benzene ring substituents is 1. The van der Waals surface area contributed by atoms with Gasteiger partial charge < -0.3 is 5.11 Å². The molecule has 0 spiro atoms. The number of nitrogens with one attached hydrogen (secondary N) is 1. The summed E-state index contributed by atoms with van der Waals surface area (Å²) >= 11 is 0. The third kappa shape index (κ3) is 4.16. The van der Waals surface area contributed by atoms with Crippen LogP contribution in [0.1, 0.15) is 18.5 Å². The van der Waals surface area contributed by atoms with E-state index in [0.29, 0.717) is 0 Å². The molecule has 0 aliphatic heterocycles. The molecule has 0 saturated carbocycles. The standard InChI is InChI=1S/C16H18N2O5S/c1-12(11-19)16(13-5-3-2-4-6-13)17-24(22,23)15-9-7-14(8-10-15)18(20)21/h2-10,12,16-17,19H,11H2,1H3/t12-,16-/m0/s1. The number of rotatable bonds is 7. The molecule has 0 bridgehead atoms. The molecule has 0 heterocycles. The van der Waals surface area contributed by atoms with Crippen LogP contribution in [0.4, 0.5) is 5.69 Å². The monoisotopic (exact) mass is 350 g/mol. The second kappa shape index (κ2) is 7.52. The Hall–Kier alpha value is -2.29. The Morgan fingerprint density at radius 3 is 2.21 bits per heavy atom. The summed E-state index contributed by atoms with van der Waals surface area (Å²) in [6.07, 6.45) is 0. The topological polar surface area (TPSA) is 110 Å². The van der Waals surface area contributed by atoms with Gasteiger partial charge in [-0.25, -0.2) is 13.1 Å². The molecule has 2 N–H and O–H groups in total. The number of nitro groups is 1. The lowest BCUT2D eigenvalue weighted by molar-refractivity contribution is -0.384. The first kappa shape index (κ1) is 18.1. The van der Waals surface area contributed by atoms with Crippen LogP contribution in [-0.4, -0.2) is 25.1 Å². The molecule has 0 saturated heterocycles. The molecule has 2 atom stereocenters. The van der Waals surface area contributed by atoms with Crippen molar-refractivity contribution in [1.29, 1.82) is 0 Å². The van der Waals surface area contributed by atoms with Gasteiger partial charge in [-0.1, -0.05) is 37.3 Å². The van der Waals surface area contributed by atoms with E-state index in [2.05, 4.69) is 4.72 Å². The third-order valence-corrected chi connectivity index (χ3v) is 5.11. The lowest BCUT2D eigenvalue weighted by Crippen LogP contribution is -2.33. The molecule has 24 heavy (non-hydrogen) atoms. The van der Waals surface area contributed by atoms with Gasteiger partial charge in [-0.15, -0.1) is 0 Å². The maximum atomic E-state index is 12.6. The Morgan fingerprint density at radius 1 is 1.12 bits per heavy atom. The van der Waals surface area contributed by atoms with Crippen molar-refractivity contribution in [2.75, 3.05) is 6.61 Å². The van der Waals surface area contributed by atoms with Crippen molar-refractivity contribution >= 4 is 15.7 Å². The molecule has 8 heteroatoms. The van der Waals surface area contributed by atoms with E-state index >= 15 is 0 Å². The zero-order valence-electron chi connectivity index (χ0n) is 13.0. The predicted octanol–water partition coefficient (Wildman–Crippen LogP) is 2.24. The number of nitrogens with zero attached hydrogens (tertiary/aromatic N) is 1. The van der Waals surface area contributed by atoms with Crippen molar-refractivity contribution in [2.24, 2.45) is 5.92 Å². The van der Waals surface area contributed by atoms with E-state index < -0.39 is 21.0 Å². The van der Waals surface area contributed by atoms with Crippen molar-refractivity contribution in [3.63, 3.8) is 0 Å². The summed E-state index contributed by atoms with van der Waals surface area (Å²) in [5, 5.41) is 20.1. The van der Waals surface area contributed by atoms with Crippen LogP contribution in [0.3, 0.4) is 0 Å². The van der Waals surface area contributed by atoms with Crippen LogP contribution in [0.25, 0.3) is 0 Å². The van der Waals surface area contributed by atoms with Crippen molar-refractivity contribution < 1.29 is 18.4 Å². The van der Waals surface area contributed by atoms with Crippen LogP contribution in [0, 0.1) is 16.0 Å². The van der Waals surface area contributed by atoms with E-state index in [1.807, 2.05) is 6.07 Å². The second-order valence-corrected chi connectivity index (χ2v) is 7.13. The first-order valence-corrected chi connectivity index (χ1v) is 8.76. The van der Waals surface area contributed by atoms with Crippen LogP contribution in [-0.2, 0) is 10.0 Å². The Bertz CT molecular complexity index is 791. The van der Waals surface area contributed by atoms with Crippen molar-refractivity contribution in [1.82, 2.24) is 4.72 Å². The first-order chi connectivity index (χ1) is 11.3. The van der Waals surface area contributed by atoms with Crippen LogP contribution in [0.5, 0.6) is 0 Å². The summed E-state index contributed by atoms with van der Waals surface area (Å²) in [7, 11) is -3.89. The summed E-state index contributed by atoms with van der Waals surface area (Å²) in [5.74, 6) is -0.347. The fourth-order valence-electron chi connectivity index (χ4n) is 2.26. The van der Waals surface area contributed by atoms with Crippen molar-refractivity contribution in [2.45, 2.75) is 17.9 Å². The average Bonchev–Trinajstić information content (AvgIpc) is 2.60. The number of aliphatic hydroxyl groups excluding tert-OH is 1. The summed E-state index contributed by atoms with van der Waals surface area (Å²) in [6.45, 7) is 1.54. The van der Waals surface area contributed by atoms with Crippen LogP contribution in [0.2, 0.25) is 0 Å². The highest BCUT2D eigenvalue weighted by molar-refractivity contribution is 7.89. The van der Waals surface area contributed by atoms with E-state index in [0.717, 1.165) is 17.7 Å². The Morgan fingerprint density at radius 2 is 1.71 bits per heavy atom. The van der Waals surface area contributed by atoms with Gasteiger partial charge in [0.15, 0.2) is 0 Å². The molecule has 0 fully saturated rings. The van der Waals surface area contributed by atoms with Gasteiger partial charge in [-0.2, -0.15) is 0 Å². The Labute approximate surface area is 140 Å². The minimum absolute atomic E-state index is 0.0702. The van der Waals surface area contributed by atoms with Gasteiger partial charge in [0.05, 0.1) is 15.9 Å². The van der Waals surface area contributed by atoms with Crippen molar-refractivity contribution in [3.05, 3.63) is 70.3 Å². The van der Waals surface area contributed by atoms with Crippen LogP contribution >= 0.6 is 0 Å². The van der Waals surface area contributed by atoms with E-state index in [1.165, 1.54) is 12.1 Å². The van der Waals surface area contributed by atoms with Gasteiger partial charge in [0.1, 0.15) is 0 Å². The molecule has 0 unspecified atom stereocenters. The first-order valence-electron chi connectivity index (χ1n) is 7.27. The molecule has 0 aromatic heterocycles. The summed E-state index contributed by atoms with van der Waals surface area (Å²) in [5.41, 5.74) is 0.543. The maximum Gasteiger partial charge on any atom is 0.269 e. The minimum atomic E-state index is -3.89. The Balaban J connectivity index is 2.31. The van der Waals surface area contributed by atoms with Crippen LogP contribution in [0.15, 0.2) is 59.5 Å². The summed E-state index contributed by atoms with van der Waals surface area (Å²) in [4.78, 5) is 10.0. The maximum absolute atomic E-state index is 12.6. The number of non-ortho nitro benzene ring substituents is 1. The normalized spacial score (nSPS) is 14.1. The molecular weight excluding hydrogens is 332 g/mol. The molecule has 2 aromatic carbocycles. The van der Waals surface area contributed by atoms with Gasteiger partial charge >= 0.3 is 0 Å². The van der Waals surface area contributed by atoms with Crippen LogP contribution < -0.4 is 4.72 Å². The number of sulfonamides is 1. The molecule has 2 rings (SSSR count). The Kier molecular flexibility index (Phi) is 5.66. The van der Waals surface area contributed by atoms with E-state index in [-0.39, 0.29) is 23.1 Å². The largest absolute Gasteiger partial charge is 0.396 e. The second-order valence-electron chi connectivity index (χ2n) is 5.42. The molecule has 0 aliphatic carbocycles. The predicted molar refractivity (Wildman–Crippen MR) is 88.9 cm³/mol. The molecular formula is C16H18N2O5S. The van der Waals surface area contributed by atoms with Gasteiger partial charge in [0, 0.05) is 18.7 Å². The lowest BCUT2D eigenvalue weighted by Gasteiger charge is -2.24. The molecule has 2 aromatic rings. The van der Waals surface area contributed by atoms with Gasteiger partial charge in [-0.05, 0) is 23.6 Å². The molecule has 0 amide bonds. The highest BCUT2D eigenvalue weighted by Gasteiger charge is 2.26. The highest BCUT2D eigenvalue weighted by Crippen LogP contribution is 2.25. The fourth-order valence-corrected chi connectivity index (χ4v) is 3.59. The van der Waals surface area contributed by atoms with Gasteiger partial charge in [0.25, 0.3) is 5.69 Å². The van der Waals surface area contributed by atoms with Gasteiger partial charge in [-0.3, -0.25) is 10.1 Å². The molecule has 0 radical (unpaired) electrons. The van der Waals surface area contributed by atoms with E-state index in [9.17, 15) is 23.6 Å². The zero-order chi connectivity index (χ0) is 17.7. The minimum Gasteiger partial charge on any atom is -0.396 e. The highest BCUT2D eigenvalue weighted by atomic mass is 32.2. The number of benzene rings is 2. The summed E-state index contributed by atoms with van der Waals surface area (Å²) < 4.78 is 27.7. The quantitative estimate of drug-likeness (QED) is 0.588. The number of aliphatic hydroxyl groups is 1. The smallest absolute Gasteiger partial charge is 0.269 e.